The van der Waals surface area contributed by atoms with E-state index < -0.39 is 12.4 Å². The first kappa shape index (κ1) is 11.6. The van der Waals surface area contributed by atoms with Gasteiger partial charge in [-0.2, -0.15) is 0 Å². The van der Waals surface area contributed by atoms with Crippen LogP contribution in [0.5, 0.6) is 0 Å². The summed E-state index contributed by atoms with van der Waals surface area (Å²) in [5, 5.41) is 0.352. The van der Waals surface area contributed by atoms with Crippen molar-refractivity contribution in [3.63, 3.8) is 0 Å². The molecular formula is C12H11F2NO2. The van der Waals surface area contributed by atoms with Crippen LogP contribution in [-0.2, 0) is 4.74 Å². The van der Waals surface area contributed by atoms with Gasteiger partial charge in [0.1, 0.15) is 5.69 Å². The van der Waals surface area contributed by atoms with Crippen molar-refractivity contribution in [1.29, 1.82) is 0 Å². The number of rotatable bonds is 3. The van der Waals surface area contributed by atoms with E-state index in [9.17, 15) is 13.6 Å². The molecule has 17 heavy (non-hydrogen) atoms. The molecule has 0 atom stereocenters. The average molecular weight is 239 g/mol. The van der Waals surface area contributed by atoms with Gasteiger partial charge in [-0.25, -0.2) is 13.6 Å². The predicted octanol–water partition coefficient (Wildman–Crippen LogP) is 3.28. The van der Waals surface area contributed by atoms with Crippen LogP contribution in [0, 0.1) is 0 Å². The zero-order valence-corrected chi connectivity index (χ0v) is 9.17. The molecule has 1 heterocycles. The fraction of sp³-hybridized carbons (Fsp3) is 0.250. The van der Waals surface area contributed by atoms with Crippen LogP contribution in [-0.4, -0.2) is 17.6 Å². The first-order valence-corrected chi connectivity index (χ1v) is 5.21. The Balaban J connectivity index is 2.61. The molecule has 0 aliphatic heterocycles. The van der Waals surface area contributed by atoms with E-state index in [1.165, 1.54) is 0 Å². The molecule has 0 bridgehead atoms. The standard InChI is InChI=1S/C12H11F2NO2/c1-2-17-12(16)10-9(11(13)14)7-5-3-4-6-8(7)15-10/h3-6,11,15H,2H2,1H3. The number of fused-ring (bicyclic) bond motifs is 1. The zero-order valence-electron chi connectivity index (χ0n) is 9.17. The minimum Gasteiger partial charge on any atom is -0.461 e. The molecule has 2 aromatic rings. The normalized spacial score (nSPS) is 11.1. The minimum atomic E-state index is -2.72. The van der Waals surface area contributed by atoms with Crippen LogP contribution in [0.2, 0.25) is 0 Å². The molecule has 1 N–H and O–H groups in total. The van der Waals surface area contributed by atoms with Crippen LogP contribution in [0.3, 0.4) is 0 Å². The second-order valence-electron chi connectivity index (χ2n) is 3.48. The molecule has 1 aromatic carbocycles. The average Bonchev–Trinajstić information content (AvgIpc) is 2.68. The first-order chi connectivity index (χ1) is 8.15. The number of alkyl halides is 2. The van der Waals surface area contributed by atoms with Crippen molar-refractivity contribution < 1.29 is 18.3 Å². The van der Waals surface area contributed by atoms with Crippen molar-refractivity contribution in [2.45, 2.75) is 13.3 Å². The summed E-state index contributed by atoms with van der Waals surface area (Å²) in [5.41, 5.74) is 0.0490. The number of aromatic amines is 1. The molecule has 3 nitrogen and oxygen atoms in total. The van der Waals surface area contributed by atoms with Crippen LogP contribution in [0.15, 0.2) is 24.3 Å². The number of benzene rings is 1. The lowest BCUT2D eigenvalue weighted by Gasteiger charge is -2.02. The number of hydrogen-bond donors (Lipinski definition) is 1. The lowest BCUT2D eigenvalue weighted by molar-refractivity contribution is 0.0510. The molecule has 1 aromatic heterocycles. The monoisotopic (exact) mass is 239 g/mol. The minimum absolute atomic E-state index is 0.150. The van der Waals surface area contributed by atoms with Crippen LogP contribution in [0.25, 0.3) is 10.9 Å². The van der Waals surface area contributed by atoms with Gasteiger partial charge < -0.3 is 9.72 Å². The smallest absolute Gasteiger partial charge is 0.355 e. The molecule has 0 saturated carbocycles. The second-order valence-corrected chi connectivity index (χ2v) is 3.48. The van der Waals surface area contributed by atoms with Gasteiger partial charge in [-0.1, -0.05) is 18.2 Å². The molecule has 0 radical (unpaired) electrons. The quantitative estimate of drug-likeness (QED) is 0.835. The van der Waals surface area contributed by atoms with Crippen LogP contribution >= 0.6 is 0 Å². The number of H-pyrrole nitrogens is 1. The highest BCUT2D eigenvalue weighted by molar-refractivity contribution is 5.98. The molecule has 2 rings (SSSR count). The Bertz CT molecular complexity index is 548. The largest absolute Gasteiger partial charge is 0.461 e. The predicted molar refractivity (Wildman–Crippen MR) is 59.2 cm³/mol. The van der Waals surface area contributed by atoms with Crippen molar-refractivity contribution in [2.75, 3.05) is 6.61 Å². The Morgan fingerprint density at radius 2 is 2.12 bits per heavy atom. The number of esters is 1. The third kappa shape index (κ3) is 2.00. The van der Waals surface area contributed by atoms with Gasteiger partial charge in [0.25, 0.3) is 6.43 Å². The SMILES string of the molecule is CCOC(=O)c1[nH]c2ccccc2c1C(F)F. The van der Waals surface area contributed by atoms with Gasteiger partial charge in [0, 0.05) is 10.9 Å². The van der Waals surface area contributed by atoms with Gasteiger partial charge in [0.15, 0.2) is 0 Å². The van der Waals surface area contributed by atoms with E-state index in [0.29, 0.717) is 10.9 Å². The summed E-state index contributed by atoms with van der Waals surface area (Å²) < 4.78 is 30.7. The zero-order chi connectivity index (χ0) is 12.4. The number of carbonyl (C=O) groups is 1. The molecular weight excluding hydrogens is 228 g/mol. The molecule has 0 fully saturated rings. The number of ether oxygens (including phenoxy) is 1. The van der Waals surface area contributed by atoms with Crippen LogP contribution in [0.1, 0.15) is 29.4 Å². The number of carbonyl (C=O) groups excluding carboxylic acids is 1. The van der Waals surface area contributed by atoms with Crippen molar-refractivity contribution in [3.05, 3.63) is 35.5 Å². The van der Waals surface area contributed by atoms with Gasteiger partial charge >= 0.3 is 5.97 Å². The Hall–Kier alpha value is -1.91. The van der Waals surface area contributed by atoms with E-state index in [0.717, 1.165) is 0 Å². The number of aromatic nitrogens is 1. The summed E-state index contributed by atoms with van der Waals surface area (Å²) in [6.07, 6.45) is -2.72. The van der Waals surface area contributed by atoms with E-state index in [4.69, 9.17) is 4.74 Å². The fourth-order valence-electron chi connectivity index (χ4n) is 1.75. The maximum atomic E-state index is 13.0. The Morgan fingerprint density at radius 1 is 1.41 bits per heavy atom. The number of hydrogen-bond acceptors (Lipinski definition) is 2. The molecule has 5 heteroatoms. The summed E-state index contributed by atoms with van der Waals surface area (Å²) in [6.45, 7) is 1.78. The summed E-state index contributed by atoms with van der Waals surface area (Å²) in [7, 11) is 0. The topological polar surface area (TPSA) is 42.1 Å². The van der Waals surface area contributed by atoms with Gasteiger partial charge in [-0.3, -0.25) is 0 Å². The first-order valence-electron chi connectivity index (χ1n) is 5.21. The molecule has 0 spiro atoms. The van der Waals surface area contributed by atoms with Gasteiger partial charge in [0.2, 0.25) is 0 Å². The Kier molecular flexibility index (Phi) is 3.08. The van der Waals surface area contributed by atoms with E-state index in [1.807, 2.05) is 0 Å². The molecule has 0 unspecified atom stereocenters. The summed E-state index contributed by atoms with van der Waals surface area (Å²) in [4.78, 5) is 14.2. The van der Waals surface area contributed by atoms with E-state index in [2.05, 4.69) is 4.98 Å². The number of halogens is 2. The van der Waals surface area contributed by atoms with Crippen LogP contribution < -0.4 is 0 Å². The highest BCUT2D eigenvalue weighted by atomic mass is 19.3. The molecule has 0 aliphatic rings. The number of para-hydroxylation sites is 1. The molecule has 0 aliphatic carbocycles. The van der Waals surface area contributed by atoms with Gasteiger partial charge in [-0.05, 0) is 13.0 Å². The Labute approximate surface area is 96.4 Å². The lowest BCUT2D eigenvalue weighted by Crippen LogP contribution is -2.08. The maximum Gasteiger partial charge on any atom is 0.355 e. The molecule has 90 valence electrons. The third-order valence-electron chi connectivity index (χ3n) is 2.44. The summed E-state index contributed by atoms with van der Waals surface area (Å²) in [6, 6.07) is 6.56. The third-order valence-corrected chi connectivity index (χ3v) is 2.44. The highest BCUT2D eigenvalue weighted by Gasteiger charge is 2.24. The van der Waals surface area contributed by atoms with Gasteiger partial charge in [0.05, 0.1) is 12.2 Å². The van der Waals surface area contributed by atoms with Crippen molar-refractivity contribution in [2.24, 2.45) is 0 Å². The van der Waals surface area contributed by atoms with E-state index >= 15 is 0 Å². The summed E-state index contributed by atoms with van der Waals surface area (Å²) >= 11 is 0. The van der Waals surface area contributed by atoms with Crippen molar-refractivity contribution >= 4 is 16.9 Å². The Morgan fingerprint density at radius 3 is 2.76 bits per heavy atom. The van der Waals surface area contributed by atoms with Gasteiger partial charge in [-0.15, -0.1) is 0 Å². The number of nitrogens with one attached hydrogen (secondary N) is 1. The lowest BCUT2D eigenvalue weighted by atomic mass is 10.1. The van der Waals surface area contributed by atoms with Crippen molar-refractivity contribution in [3.8, 4) is 0 Å². The van der Waals surface area contributed by atoms with Crippen LogP contribution in [0.4, 0.5) is 8.78 Å². The molecule has 0 amide bonds. The fourth-order valence-corrected chi connectivity index (χ4v) is 1.75. The molecule has 0 saturated heterocycles. The van der Waals surface area contributed by atoms with Crippen molar-refractivity contribution in [1.82, 2.24) is 4.98 Å². The van der Waals surface area contributed by atoms with E-state index in [-0.39, 0.29) is 17.9 Å². The maximum absolute atomic E-state index is 13.0. The summed E-state index contributed by atoms with van der Waals surface area (Å²) in [5.74, 6) is -0.751. The second kappa shape index (κ2) is 4.53. The van der Waals surface area contributed by atoms with E-state index in [1.54, 1.807) is 31.2 Å². The highest BCUT2D eigenvalue weighted by Crippen LogP contribution is 2.31.